The van der Waals surface area contributed by atoms with Crippen LogP contribution in [0.3, 0.4) is 0 Å². The summed E-state index contributed by atoms with van der Waals surface area (Å²) in [5.74, 6) is -1.88. The third-order valence-electron chi connectivity index (χ3n) is 3.03. The van der Waals surface area contributed by atoms with Gasteiger partial charge >= 0.3 is 11.8 Å². The number of phenols is 1. The van der Waals surface area contributed by atoms with Gasteiger partial charge in [-0.3, -0.25) is 9.59 Å². The first-order valence-electron chi connectivity index (χ1n) is 6.88. The van der Waals surface area contributed by atoms with E-state index in [0.29, 0.717) is 5.56 Å². The Kier molecular flexibility index (Phi) is 6.21. The van der Waals surface area contributed by atoms with Crippen molar-refractivity contribution in [2.75, 3.05) is 12.4 Å². The number of phenolic OH excluding ortho intramolecular Hbond substituents is 1. The molecule has 0 fully saturated rings. The van der Waals surface area contributed by atoms with Gasteiger partial charge in [-0.2, -0.15) is 5.10 Å². The van der Waals surface area contributed by atoms with Crippen LogP contribution in [-0.4, -0.2) is 30.2 Å². The molecular formula is C16H13Cl2N3O4. The monoisotopic (exact) mass is 381 g/mol. The number of para-hydroxylation sites is 1. The Bertz CT molecular complexity index is 840. The molecule has 0 atom stereocenters. The fraction of sp³-hybridized carbons (Fsp3) is 0.0625. The minimum atomic E-state index is -1.02. The normalized spacial score (nSPS) is 10.5. The largest absolute Gasteiger partial charge is 0.504 e. The predicted molar refractivity (Wildman–Crippen MR) is 95.5 cm³/mol. The summed E-state index contributed by atoms with van der Waals surface area (Å²) in [7, 11) is 1.41. The molecule has 0 spiro atoms. The number of aromatic hydroxyl groups is 1. The Balaban J connectivity index is 2.00. The van der Waals surface area contributed by atoms with Crippen molar-refractivity contribution in [3.8, 4) is 11.5 Å². The molecule has 0 bridgehead atoms. The van der Waals surface area contributed by atoms with Crippen LogP contribution in [0.15, 0.2) is 41.5 Å². The lowest BCUT2D eigenvalue weighted by Gasteiger charge is -2.07. The average Bonchev–Trinajstić information content (AvgIpc) is 2.60. The summed E-state index contributed by atoms with van der Waals surface area (Å²) >= 11 is 11.8. The maximum atomic E-state index is 11.8. The molecule has 3 N–H and O–H groups in total. The first-order valence-corrected chi connectivity index (χ1v) is 7.64. The van der Waals surface area contributed by atoms with Gasteiger partial charge in [0.1, 0.15) is 0 Å². The topological polar surface area (TPSA) is 100 Å². The van der Waals surface area contributed by atoms with Crippen LogP contribution < -0.4 is 15.5 Å². The van der Waals surface area contributed by atoms with Crippen molar-refractivity contribution in [1.29, 1.82) is 0 Å². The van der Waals surface area contributed by atoms with Gasteiger partial charge in [-0.1, -0.05) is 35.3 Å². The van der Waals surface area contributed by atoms with Crippen molar-refractivity contribution in [3.05, 3.63) is 52.0 Å². The van der Waals surface area contributed by atoms with E-state index in [4.69, 9.17) is 27.9 Å². The molecule has 130 valence electrons. The molecule has 0 radical (unpaired) electrons. The van der Waals surface area contributed by atoms with Crippen LogP contribution >= 0.6 is 23.2 Å². The molecule has 0 heterocycles. The summed E-state index contributed by atoms with van der Waals surface area (Å²) in [6.45, 7) is 0. The van der Waals surface area contributed by atoms with Gasteiger partial charge in [0.2, 0.25) is 0 Å². The van der Waals surface area contributed by atoms with Gasteiger partial charge < -0.3 is 15.2 Å². The number of halogens is 2. The second-order valence-corrected chi connectivity index (χ2v) is 5.44. The van der Waals surface area contributed by atoms with Gasteiger partial charge in [-0.05, 0) is 24.3 Å². The highest BCUT2D eigenvalue weighted by atomic mass is 35.5. The number of methoxy groups -OCH3 is 1. The number of ether oxygens (including phenoxy) is 1. The zero-order valence-corrected chi connectivity index (χ0v) is 14.4. The van der Waals surface area contributed by atoms with Crippen LogP contribution in [0, 0.1) is 0 Å². The van der Waals surface area contributed by atoms with Crippen LogP contribution in [0.5, 0.6) is 11.5 Å². The molecule has 9 heteroatoms. The number of rotatable bonds is 4. The fourth-order valence-electron chi connectivity index (χ4n) is 1.80. The number of anilines is 1. The molecule has 0 aliphatic rings. The minimum Gasteiger partial charge on any atom is -0.504 e. The Morgan fingerprint density at radius 1 is 1.16 bits per heavy atom. The second-order valence-electron chi connectivity index (χ2n) is 4.65. The number of hydrogen-bond acceptors (Lipinski definition) is 5. The number of nitrogens with zero attached hydrogens (tertiary/aromatic N) is 1. The predicted octanol–water partition coefficient (Wildman–Crippen LogP) is 2.80. The average molecular weight is 382 g/mol. The smallest absolute Gasteiger partial charge is 0.329 e. The Morgan fingerprint density at radius 3 is 2.60 bits per heavy atom. The Hall–Kier alpha value is -2.77. The molecule has 0 saturated carbocycles. The van der Waals surface area contributed by atoms with E-state index in [-0.39, 0.29) is 27.2 Å². The molecule has 2 rings (SSSR count). The quantitative estimate of drug-likeness (QED) is 0.430. The van der Waals surface area contributed by atoms with Crippen LogP contribution in [0.1, 0.15) is 5.56 Å². The number of hydrogen-bond donors (Lipinski definition) is 3. The summed E-state index contributed by atoms with van der Waals surface area (Å²) < 4.78 is 4.95. The van der Waals surface area contributed by atoms with Gasteiger partial charge in [0, 0.05) is 5.56 Å². The molecule has 2 amide bonds. The highest BCUT2D eigenvalue weighted by Gasteiger charge is 2.15. The van der Waals surface area contributed by atoms with Crippen LogP contribution in [0.25, 0.3) is 0 Å². The van der Waals surface area contributed by atoms with Crippen LogP contribution in [-0.2, 0) is 9.59 Å². The van der Waals surface area contributed by atoms with Crippen molar-refractivity contribution >= 4 is 46.9 Å². The van der Waals surface area contributed by atoms with E-state index in [9.17, 15) is 14.7 Å². The van der Waals surface area contributed by atoms with Crippen LogP contribution in [0.2, 0.25) is 10.0 Å². The van der Waals surface area contributed by atoms with E-state index >= 15 is 0 Å². The fourth-order valence-corrected chi connectivity index (χ4v) is 2.15. The van der Waals surface area contributed by atoms with E-state index in [2.05, 4.69) is 10.4 Å². The van der Waals surface area contributed by atoms with Gasteiger partial charge in [-0.25, -0.2) is 5.43 Å². The number of carbonyl (C=O) groups excluding carboxylic acids is 2. The number of hydrazone groups is 1. The molecule has 7 nitrogen and oxygen atoms in total. The summed E-state index contributed by atoms with van der Waals surface area (Å²) in [5.41, 5.74) is 2.54. The zero-order valence-electron chi connectivity index (χ0n) is 12.9. The molecule has 0 aliphatic carbocycles. The van der Waals surface area contributed by atoms with Crippen molar-refractivity contribution in [2.45, 2.75) is 0 Å². The molecular weight excluding hydrogens is 369 g/mol. The van der Waals surface area contributed by atoms with Crippen LogP contribution in [0.4, 0.5) is 5.69 Å². The third kappa shape index (κ3) is 4.62. The number of nitrogens with one attached hydrogen (secondary N) is 2. The summed E-state index contributed by atoms with van der Waals surface area (Å²) in [5, 5.41) is 16.2. The molecule has 2 aromatic carbocycles. The standard InChI is InChI=1S/C16H13Cl2N3O4/c1-25-12-7-2-4-9(14(12)22)8-19-21-16(24)15(23)20-11-6-3-5-10(17)13(11)18/h2-8,22H,1H3,(H,20,23)(H,21,24)/b19-8+. The summed E-state index contributed by atoms with van der Waals surface area (Å²) in [6, 6.07) is 9.37. The lowest BCUT2D eigenvalue weighted by Crippen LogP contribution is -2.32. The van der Waals surface area contributed by atoms with E-state index < -0.39 is 11.8 Å². The highest BCUT2D eigenvalue weighted by molar-refractivity contribution is 6.45. The van der Waals surface area contributed by atoms with Crippen molar-refractivity contribution in [3.63, 3.8) is 0 Å². The Labute approximate surface area is 153 Å². The van der Waals surface area contributed by atoms with Crippen molar-refractivity contribution in [2.24, 2.45) is 5.10 Å². The highest BCUT2D eigenvalue weighted by Crippen LogP contribution is 2.29. The molecule has 0 unspecified atom stereocenters. The lowest BCUT2D eigenvalue weighted by molar-refractivity contribution is -0.136. The molecule has 25 heavy (non-hydrogen) atoms. The second kappa shape index (κ2) is 8.36. The van der Waals surface area contributed by atoms with E-state index in [1.54, 1.807) is 30.3 Å². The first kappa shape index (κ1) is 18.6. The molecule has 0 aromatic heterocycles. The first-order chi connectivity index (χ1) is 11.9. The van der Waals surface area contributed by atoms with E-state index in [1.807, 2.05) is 5.43 Å². The summed E-state index contributed by atoms with van der Waals surface area (Å²) in [6.07, 6.45) is 1.18. The van der Waals surface area contributed by atoms with Gasteiger partial charge in [0.25, 0.3) is 0 Å². The minimum absolute atomic E-state index is 0.120. The van der Waals surface area contributed by atoms with Crippen molar-refractivity contribution in [1.82, 2.24) is 5.43 Å². The SMILES string of the molecule is COc1cccc(/C=N/NC(=O)C(=O)Nc2cccc(Cl)c2Cl)c1O. The lowest BCUT2D eigenvalue weighted by atomic mass is 10.2. The number of amides is 2. The molecule has 2 aromatic rings. The number of carbonyl (C=O) groups is 2. The third-order valence-corrected chi connectivity index (χ3v) is 3.84. The molecule has 0 aliphatic heterocycles. The van der Waals surface area contributed by atoms with E-state index in [1.165, 1.54) is 19.4 Å². The Morgan fingerprint density at radius 2 is 1.88 bits per heavy atom. The summed E-state index contributed by atoms with van der Waals surface area (Å²) in [4.78, 5) is 23.6. The van der Waals surface area contributed by atoms with Gasteiger partial charge in [0.05, 0.1) is 29.1 Å². The maximum absolute atomic E-state index is 11.8. The zero-order chi connectivity index (χ0) is 18.4. The maximum Gasteiger partial charge on any atom is 0.329 e. The van der Waals surface area contributed by atoms with E-state index in [0.717, 1.165) is 0 Å². The van der Waals surface area contributed by atoms with Gasteiger partial charge in [-0.15, -0.1) is 0 Å². The molecule has 0 saturated heterocycles. The number of benzene rings is 2. The van der Waals surface area contributed by atoms with Gasteiger partial charge in [0.15, 0.2) is 11.5 Å². The van der Waals surface area contributed by atoms with Crippen molar-refractivity contribution < 1.29 is 19.4 Å².